The van der Waals surface area contributed by atoms with E-state index in [0.717, 1.165) is 40.7 Å². The number of fused-ring (bicyclic) bond motifs is 1. The first-order valence-corrected chi connectivity index (χ1v) is 6.37. The van der Waals surface area contributed by atoms with E-state index in [1.54, 1.807) is 11.8 Å². The Morgan fingerprint density at radius 2 is 2.38 bits per heavy atom. The summed E-state index contributed by atoms with van der Waals surface area (Å²) in [4.78, 5) is 7.73. The van der Waals surface area contributed by atoms with E-state index < -0.39 is 0 Å². The van der Waals surface area contributed by atoms with Crippen LogP contribution >= 0.6 is 11.8 Å². The molecule has 86 valence electrons. The number of imidazole rings is 1. The molecule has 0 aliphatic heterocycles. The molecule has 0 aliphatic rings. The second kappa shape index (κ2) is 5.23. The van der Waals surface area contributed by atoms with Crippen molar-refractivity contribution in [3.8, 4) is 0 Å². The highest BCUT2D eigenvalue weighted by atomic mass is 32.2. The van der Waals surface area contributed by atoms with E-state index in [1.807, 2.05) is 18.2 Å². The highest BCUT2D eigenvalue weighted by Crippen LogP contribution is 2.20. The number of hydrogen-bond acceptors (Lipinski definition) is 4. The molecule has 1 aromatic heterocycles. The minimum absolute atomic E-state index is 0.764. The largest absolute Gasteiger partial charge is 0.399 e. The Bertz CT molecular complexity index is 466. The Balaban J connectivity index is 2.02. The Morgan fingerprint density at radius 3 is 3.19 bits per heavy atom. The molecule has 1 heterocycles. The molecule has 0 atom stereocenters. The van der Waals surface area contributed by atoms with Gasteiger partial charge in [0.05, 0.1) is 11.0 Å². The highest BCUT2D eigenvalue weighted by Gasteiger charge is 2.02. The maximum absolute atomic E-state index is 5.71. The van der Waals surface area contributed by atoms with Gasteiger partial charge in [-0.2, -0.15) is 0 Å². The molecule has 0 aliphatic carbocycles. The topological polar surface area (TPSA) is 66.7 Å². The number of benzene rings is 1. The van der Waals surface area contributed by atoms with E-state index >= 15 is 0 Å². The summed E-state index contributed by atoms with van der Waals surface area (Å²) in [5, 5.41) is 4.24. The number of hydrogen-bond donors (Lipinski definition) is 3. The van der Waals surface area contributed by atoms with Gasteiger partial charge in [-0.25, -0.2) is 4.98 Å². The molecule has 2 aromatic rings. The Labute approximate surface area is 99.0 Å². The van der Waals surface area contributed by atoms with Crippen LogP contribution in [0.5, 0.6) is 0 Å². The first kappa shape index (κ1) is 11.3. The fourth-order valence-electron chi connectivity index (χ4n) is 1.47. The van der Waals surface area contributed by atoms with Gasteiger partial charge in [0.1, 0.15) is 0 Å². The zero-order valence-corrected chi connectivity index (χ0v) is 10.1. The van der Waals surface area contributed by atoms with Crippen LogP contribution in [0, 0.1) is 0 Å². The van der Waals surface area contributed by atoms with Gasteiger partial charge in [0.15, 0.2) is 5.16 Å². The smallest absolute Gasteiger partial charge is 0.166 e. The van der Waals surface area contributed by atoms with E-state index in [4.69, 9.17) is 5.73 Å². The zero-order valence-electron chi connectivity index (χ0n) is 9.29. The molecule has 0 saturated heterocycles. The van der Waals surface area contributed by atoms with E-state index in [1.165, 1.54) is 0 Å². The van der Waals surface area contributed by atoms with Crippen LogP contribution in [-0.4, -0.2) is 28.8 Å². The molecule has 4 nitrogen and oxygen atoms in total. The summed E-state index contributed by atoms with van der Waals surface area (Å²) >= 11 is 1.72. The molecule has 0 radical (unpaired) electrons. The molecular formula is C11H16N4S. The average molecular weight is 236 g/mol. The maximum atomic E-state index is 5.71. The summed E-state index contributed by atoms with van der Waals surface area (Å²) in [5.41, 5.74) is 8.45. The Morgan fingerprint density at radius 1 is 1.50 bits per heavy atom. The summed E-state index contributed by atoms with van der Waals surface area (Å²) in [6.07, 6.45) is 0. The van der Waals surface area contributed by atoms with Crippen molar-refractivity contribution in [1.82, 2.24) is 15.3 Å². The summed E-state index contributed by atoms with van der Waals surface area (Å²) in [6, 6.07) is 5.72. The van der Waals surface area contributed by atoms with Crippen molar-refractivity contribution >= 4 is 28.5 Å². The molecule has 0 spiro atoms. The molecule has 0 unspecified atom stereocenters. The maximum Gasteiger partial charge on any atom is 0.166 e. The normalized spacial score (nSPS) is 11.1. The van der Waals surface area contributed by atoms with Crippen molar-refractivity contribution in [2.24, 2.45) is 0 Å². The van der Waals surface area contributed by atoms with Gasteiger partial charge in [0.25, 0.3) is 0 Å². The van der Waals surface area contributed by atoms with Crippen LogP contribution in [0.1, 0.15) is 6.92 Å². The van der Waals surface area contributed by atoms with E-state index in [0.29, 0.717) is 0 Å². The number of nitrogen functional groups attached to an aromatic ring is 1. The van der Waals surface area contributed by atoms with Gasteiger partial charge in [-0.15, -0.1) is 0 Å². The fourth-order valence-corrected chi connectivity index (χ4v) is 2.25. The molecule has 5 heteroatoms. The molecule has 0 amide bonds. The van der Waals surface area contributed by atoms with Crippen LogP contribution < -0.4 is 11.1 Å². The second-order valence-corrected chi connectivity index (χ2v) is 4.60. The number of rotatable bonds is 5. The number of nitrogens with one attached hydrogen (secondary N) is 2. The van der Waals surface area contributed by atoms with Crippen molar-refractivity contribution in [2.75, 3.05) is 24.6 Å². The minimum atomic E-state index is 0.764. The van der Waals surface area contributed by atoms with Crippen LogP contribution in [0.25, 0.3) is 11.0 Å². The van der Waals surface area contributed by atoms with Crippen LogP contribution in [0.2, 0.25) is 0 Å². The standard InChI is InChI=1S/C11H16N4S/c1-2-13-5-6-16-11-14-9-4-3-8(12)7-10(9)15-11/h3-4,7,13H,2,5-6,12H2,1H3,(H,14,15). The van der Waals surface area contributed by atoms with E-state index in [9.17, 15) is 0 Å². The van der Waals surface area contributed by atoms with Crippen LogP contribution in [0.3, 0.4) is 0 Å². The number of H-pyrrole nitrogens is 1. The van der Waals surface area contributed by atoms with Gasteiger partial charge < -0.3 is 16.0 Å². The van der Waals surface area contributed by atoms with Crippen molar-refractivity contribution in [1.29, 1.82) is 0 Å². The Kier molecular flexibility index (Phi) is 3.69. The molecule has 2 rings (SSSR count). The minimum Gasteiger partial charge on any atom is -0.399 e. The summed E-state index contributed by atoms with van der Waals surface area (Å²) < 4.78 is 0. The fraction of sp³-hybridized carbons (Fsp3) is 0.364. The third-order valence-corrected chi connectivity index (χ3v) is 3.13. The molecule has 4 N–H and O–H groups in total. The molecule has 0 fully saturated rings. The van der Waals surface area contributed by atoms with Gasteiger partial charge >= 0.3 is 0 Å². The molecule has 16 heavy (non-hydrogen) atoms. The van der Waals surface area contributed by atoms with Crippen LogP contribution in [0.15, 0.2) is 23.4 Å². The number of nitrogens with zero attached hydrogens (tertiary/aromatic N) is 1. The lowest BCUT2D eigenvalue weighted by Crippen LogP contribution is -2.15. The van der Waals surface area contributed by atoms with E-state index in [-0.39, 0.29) is 0 Å². The van der Waals surface area contributed by atoms with Gasteiger partial charge in [-0.1, -0.05) is 18.7 Å². The zero-order chi connectivity index (χ0) is 11.4. The number of aromatic amines is 1. The van der Waals surface area contributed by atoms with Gasteiger partial charge in [0.2, 0.25) is 0 Å². The van der Waals surface area contributed by atoms with Crippen molar-refractivity contribution < 1.29 is 0 Å². The number of nitrogens with two attached hydrogens (primary N) is 1. The first-order valence-electron chi connectivity index (χ1n) is 5.38. The highest BCUT2D eigenvalue weighted by molar-refractivity contribution is 7.99. The lowest BCUT2D eigenvalue weighted by Gasteiger charge is -1.98. The van der Waals surface area contributed by atoms with Gasteiger partial charge in [-0.3, -0.25) is 0 Å². The summed E-state index contributed by atoms with van der Waals surface area (Å²) in [6.45, 7) is 4.12. The molecule has 0 bridgehead atoms. The lowest BCUT2D eigenvalue weighted by atomic mass is 10.3. The number of anilines is 1. The van der Waals surface area contributed by atoms with Crippen molar-refractivity contribution in [2.45, 2.75) is 12.1 Å². The third-order valence-electron chi connectivity index (χ3n) is 2.25. The van der Waals surface area contributed by atoms with Crippen molar-refractivity contribution in [3.63, 3.8) is 0 Å². The van der Waals surface area contributed by atoms with Crippen LogP contribution in [-0.2, 0) is 0 Å². The third kappa shape index (κ3) is 2.68. The second-order valence-electron chi connectivity index (χ2n) is 3.52. The first-order chi connectivity index (χ1) is 7.79. The summed E-state index contributed by atoms with van der Waals surface area (Å²) in [7, 11) is 0. The van der Waals surface area contributed by atoms with Gasteiger partial charge in [0, 0.05) is 18.0 Å². The number of aromatic nitrogens is 2. The van der Waals surface area contributed by atoms with Gasteiger partial charge in [-0.05, 0) is 24.7 Å². The lowest BCUT2D eigenvalue weighted by molar-refractivity contribution is 0.767. The molecule has 0 saturated carbocycles. The Hall–Kier alpha value is -1.20. The molecule has 1 aromatic carbocycles. The average Bonchev–Trinajstić information content (AvgIpc) is 2.66. The summed E-state index contributed by atoms with van der Waals surface area (Å²) in [5.74, 6) is 1.02. The monoisotopic (exact) mass is 236 g/mol. The van der Waals surface area contributed by atoms with Crippen LogP contribution in [0.4, 0.5) is 5.69 Å². The van der Waals surface area contributed by atoms with E-state index in [2.05, 4.69) is 22.2 Å². The number of thioether (sulfide) groups is 1. The predicted octanol–water partition coefficient (Wildman–Crippen LogP) is 1.85. The van der Waals surface area contributed by atoms with Crippen molar-refractivity contribution in [3.05, 3.63) is 18.2 Å². The predicted molar refractivity (Wildman–Crippen MR) is 69.8 cm³/mol. The quantitative estimate of drug-likeness (QED) is 0.421. The SMILES string of the molecule is CCNCCSc1nc2ccc(N)cc2[nH]1. The molecular weight excluding hydrogens is 220 g/mol.